The molecule has 1 heterocycles. The lowest BCUT2D eigenvalue weighted by Gasteiger charge is -2.27. The van der Waals surface area contributed by atoms with E-state index in [9.17, 15) is 5.11 Å². The Balaban J connectivity index is 2.06. The van der Waals surface area contributed by atoms with E-state index in [-0.39, 0.29) is 0 Å². The van der Waals surface area contributed by atoms with Gasteiger partial charge < -0.3 is 15.3 Å². The lowest BCUT2D eigenvalue weighted by molar-refractivity contribution is 0.0614. The zero-order valence-electron chi connectivity index (χ0n) is 10.7. The van der Waals surface area contributed by atoms with Crippen molar-refractivity contribution < 1.29 is 5.11 Å². The van der Waals surface area contributed by atoms with Gasteiger partial charge in [-0.25, -0.2) is 0 Å². The monoisotopic (exact) mass is 267 g/mol. The highest BCUT2D eigenvalue weighted by molar-refractivity contribution is 6.31. The number of likely N-dealkylation sites (N-methyl/N-ethyl adjacent to an activating group) is 1. The first-order valence-electron chi connectivity index (χ1n) is 5.97. The molecule has 1 aromatic carbocycles. The minimum atomic E-state index is -1.02. The fourth-order valence-corrected chi connectivity index (χ4v) is 2.31. The predicted molar refractivity (Wildman–Crippen MR) is 74.0 cm³/mol. The SMILES string of the molecule is CN1CCN=C1NCC(C)(O)c1ccccc1Cl. The van der Waals surface area contributed by atoms with E-state index >= 15 is 0 Å². The molecule has 1 aromatic rings. The van der Waals surface area contributed by atoms with Crippen LogP contribution in [-0.2, 0) is 5.60 Å². The molecule has 0 saturated carbocycles. The molecule has 0 aliphatic carbocycles. The summed E-state index contributed by atoms with van der Waals surface area (Å²) in [6.07, 6.45) is 0. The number of aliphatic hydroxyl groups is 1. The number of nitrogens with one attached hydrogen (secondary N) is 1. The maximum Gasteiger partial charge on any atom is 0.193 e. The summed E-state index contributed by atoms with van der Waals surface area (Å²) >= 11 is 6.10. The maximum atomic E-state index is 10.5. The largest absolute Gasteiger partial charge is 0.384 e. The molecule has 0 amide bonds. The molecule has 2 rings (SSSR count). The standard InChI is InChI=1S/C13H18ClN3O/c1-13(18,10-5-3-4-6-11(10)14)9-16-12-15-7-8-17(12)2/h3-6,18H,7-9H2,1-2H3,(H,15,16). The van der Waals surface area contributed by atoms with Crippen molar-refractivity contribution in [3.8, 4) is 0 Å². The summed E-state index contributed by atoms with van der Waals surface area (Å²) in [5, 5.41) is 14.2. The number of halogens is 1. The van der Waals surface area contributed by atoms with Crippen LogP contribution >= 0.6 is 11.6 Å². The van der Waals surface area contributed by atoms with Crippen LogP contribution < -0.4 is 5.32 Å². The van der Waals surface area contributed by atoms with Gasteiger partial charge in [-0.05, 0) is 13.0 Å². The molecular formula is C13H18ClN3O. The van der Waals surface area contributed by atoms with E-state index in [0.717, 1.165) is 24.6 Å². The molecule has 0 spiro atoms. The Hall–Kier alpha value is -1.26. The van der Waals surface area contributed by atoms with Crippen LogP contribution in [0.25, 0.3) is 0 Å². The van der Waals surface area contributed by atoms with Crippen molar-refractivity contribution in [3.05, 3.63) is 34.9 Å². The second kappa shape index (κ2) is 5.16. The van der Waals surface area contributed by atoms with Gasteiger partial charge in [-0.1, -0.05) is 29.8 Å². The summed E-state index contributed by atoms with van der Waals surface area (Å²) < 4.78 is 0. The molecule has 1 aliphatic rings. The molecule has 0 aromatic heterocycles. The molecule has 98 valence electrons. The van der Waals surface area contributed by atoms with Crippen molar-refractivity contribution in [2.24, 2.45) is 4.99 Å². The van der Waals surface area contributed by atoms with E-state index in [1.165, 1.54) is 0 Å². The minimum absolute atomic E-state index is 0.375. The Morgan fingerprint density at radius 1 is 1.50 bits per heavy atom. The Labute approximate surface area is 112 Å². The number of hydrogen-bond donors (Lipinski definition) is 2. The summed E-state index contributed by atoms with van der Waals surface area (Å²) in [6, 6.07) is 7.34. The Morgan fingerprint density at radius 2 is 2.22 bits per heavy atom. The van der Waals surface area contributed by atoms with Crippen molar-refractivity contribution in [1.29, 1.82) is 0 Å². The molecule has 0 saturated heterocycles. The predicted octanol–water partition coefficient (Wildman–Crippen LogP) is 1.44. The third-order valence-corrected chi connectivity index (χ3v) is 3.43. The second-order valence-corrected chi connectivity index (χ2v) is 5.14. The fourth-order valence-electron chi connectivity index (χ4n) is 1.97. The van der Waals surface area contributed by atoms with Gasteiger partial charge in [-0.3, -0.25) is 4.99 Å². The summed E-state index contributed by atoms with van der Waals surface area (Å²) in [4.78, 5) is 6.35. The van der Waals surface area contributed by atoms with Gasteiger partial charge in [0.15, 0.2) is 5.96 Å². The van der Waals surface area contributed by atoms with Gasteiger partial charge in [-0.15, -0.1) is 0 Å². The molecule has 0 radical (unpaired) electrons. The van der Waals surface area contributed by atoms with E-state index < -0.39 is 5.60 Å². The molecular weight excluding hydrogens is 250 g/mol. The van der Waals surface area contributed by atoms with Gasteiger partial charge in [0.2, 0.25) is 0 Å². The minimum Gasteiger partial charge on any atom is -0.384 e. The summed E-state index contributed by atoms with van der Waals surface area (Å²) in [5.41, 5.74) is -0.301. The number of hydrogen-bond acceptors (Lipinski definition) is 4. The summed E-state index contributed by atoms with van der Waals surface area (Å²) in [6.45, 7) is 3.83. The highest BCUT2D eigenvalue weighted by atomic mass is 35.5. The number of aliphatic imine (C=N–C) groups is 1. The van der Waals surface area contributed by atoms with Gasteiger partial charge in [0.1, 0.15) is 5.60 Å². The Kier molecular flexibility index (Phi) is 3.78. The van der Waals surface area contributed by atoms with Crippen molar-refractivity contribution in [3.63, 3.8) is 0 Å². The van der Waals surface area contributed by atoms with Gasteiger partial charge in [0.05, 0.1) is 13.1 Å². The van der Waals surface area contributed by atoms with E-state index in [4.69, 9.17) is 11.6 Å². The van der Waals surface area contributed by atoms with Crippen LogP contribution in [0.15, 0.2) is 29.3 Å². The highest BCUT2D eigenvalue weighted by Crippen LogP contribution is 2.27. The third-order valence-electron chi connectivity index (χ3n) is 3.10. The lowest BCUT2D eigenvalue weighted by atomic mass is 9.96. The first-order chi connectivity index (χ1) is 8.50. The van der Waals surface area contributed by atoms with Crippen molar-refractivity contribution >= 4 is 17.6 Å². The molecule has 1 unspecified atom stereocenters. The molecule has 5 heteroatoms. The summed E-state index contributed by atoms with van der Waals surface area (Å²) in [5.74, 6) is 0.822. The maximum absolute atomic E-state index is 10.5. The molecule has 0 bridgehead atoms. The van der Waals surface area contributed by atoms with E-state index in [2.05, 4.69) is 10.3 Å². The number of nitrogens with zero attached hydrogens (tertiary/aromatic N) is 2. The Bertz CT molecular complexity index is 459. The Morgan fingerprint density at radius 3 is 2.83 bits per heavy atom. The molecule has 1 atom stereocenters. The van der Waals surface area contributed by atoms with E-state index in [0.29, 0.717) is 11.6 Å². The summed E-state index contributed by atoms with van der Waals surface area (Å²) in [7, 11) is 1.98. The third kappa shape index (κ3) is 2.76. The second-order valence-electron chi connectivity index (χ2n) is 4.73. The molecule has 4 nitrogen and oxygen atoms in total. The van der Waals surface area contributed by atoms with Crippen LogP contribution in [0.3, 0.4) is 0 Å². The van der Waals surface area contributed by atoms with Gasteiger partial charge in [0, 0.05) is 24.2 Å². The topological polar surface area (TPSA) is 47.9 Å². The van der Waals surface area contributed by atoms with Crippen LogP contribution in [0.1, 0.15) is 12.5 Å². The van der Waals surface area contributed by atoms with Gasteiger partial charge in [0.25, 0.3) is 0 Å². The first-order valence-corrected chi connectivity index (χ1v) is 6.35. The van der Waals surface area contributed by atoms with E-state index in [1.807, 2.05) is 30.1 Å². The fraction of sp³-hybridized carbons (Fsp3) is 0.462. The van der Waals surface area contributed by atoms with Gasteiger partial charge in [-0.2, -0.15) is 0 Å². The average molecular weight is 268 g/mol. The number of guanidine groups is 1. The van der Waals surface area contributed by atoms with Crippen LogP contribution in [0, 0.1) is 0 Å². The smallest absolute Gasteiger partial charge is 0.193 e. The highest BCUT2D eigenvalue weighted by Gasteiger charge is 2.26. The molecule has 1 aliphatic heterocycles. The van der Waals surface area contributed by atoms with Crippen LogP contribution in [0.5, 0.6) is 0 Å². The average Bonchev–Trinajstić information content (AvgIpc) is 2.73. The molecule has 0 fully saturated rings. The van der Waals surface area contributed by atoms with Crippen LogP contribution in [0.4, 0.5) is 0 Å². The van der Waals surface area contributed by atoms with Crippen molar-refractivity contribution in [2.45, 2.75) is 12.5 Å². The zero-order chi connectivity index (χ0) is 13.2. The van der Waals surface area contributed by atoms with Crippen molar-refractivity contribution in [1.82, 2.24) is 10.2 Å². The van der Waals surface area contributed by atoms with Crippen molar-refractivity contribution in [2.75, 3.05) is 26.7 Å². The normalized spacial score (nSPS) is 18.4. The van der Waals surface area contributed by atoms with E-state index in [1.54, 1.807) is 13.0 Å². The lowest BCUT2D eigenvalue weighted by Crippen LogP contribution is -2.43. The van der Waals surface area contributed by atoms with Crippen LogP contribution in [-0.4, -0.2) is 42.6 Å². The molecule has 2 N–H and O–H groups in total. The zero-order valence-corrected chi connectivity index (χ0v) is 11.4. The quantitative estimate of drug-likeness (QED) is 0.871. The number of rotatable bonds is 3. The number of benzene rings is 1. The molecule has 18 heavy (non-hydrogen) atoms. The van der Waals surface area contributed by atoms with Gasteiger partial charge >= 0.3 is 0 Å². The first kappa shape index (κ1) is 13.2. The van der Waals surface area contributed by atoms with Crippen LogP contribution in [0.2, 0.25) is 5.02 Å².